The van der Waals surface area contributed by atoms with Gasteiger partial charge in [0.05, 0.1) is 13.2 Å². The van der Waals surface area contributed by atoms with Gasteiger partial charge in [-0.3, -0.25) is 4.79 Å². The van der Waals surface area contributed by atoms with Crippen LogP contribution in [0.15, 0.2) is 4.99 Å². The summed E-state index contributed by atoms with van der Waals surface area (Å²) in [5.74, 6) is 0.794. The van der Waals surface area contributed by atoms with Crippen LogP contribution in [0.2, 0.25) is 0 Å². The first-order valence-electron chi connectivity index (χ1n) is 9.42. The molecule has 2 atom stereocenters. The van der Waals surface area contributed by atoms with E-state index in [0.29, 0.717) is 37.7 Å². The van der Waals surface area contributed by atoms with Crippen molar-refractivity contribution in [1.82, 2.24) is 15.5 Å². The van der Waals surface area contributed by atoms with Crippen LogP contribution in [0.25, 0.3) is 0 Å². The van der Waals surface area contributed by atoms with Crippen molar-refractivity contribution in [3.63, 3.8) is 0 Å². The quantitative estimate of drug-likeness (QED) is 0.556. The van der Waals surface area contributed by atoms with E-state index < -0.39 is 5.79 Å². The van der Waals surface area contributed by atoms with Crippen LogP contribution in [0.5, 0.6) is 0 Å². The molecule has 0 radical (unpaired) electrons. The van der Waals surface area contributed by atoms with E-state index in [1.807, 2.05) is 6.92 Å². The van der Waals surface area contributed by atoms with E-state index in [0.717, 1.165) is 12.8 Å². The van der Waals surface area contributed by atoms with Crippen molar-refractivity contribution < 1.29 is 14.3 Å². The highest BCUT2D eigenvalue weighted by Gasteiger charge is 2.30. The van der Waals surface area contributed by atoms with E-state index in [1.54, 1.807) is 19.0 Å². The monoisotopic (exact) mass is 354 g/mol. The second-order valence-electron chi connectivity index (χ2n) is 7.47. The number of hydrogen-bond acceptors (Lipinski definition) is 4. The number of carbonyl (C=O) groups is 1. The van der Waals surface area contributed by atoms with Crippen molar-refractivity contribution in [1.29, 1.82) is 0 Å². The van der Waals surface area contributed by atoms with E-state index in [-0.39, 0.29) is 12.5 Å². The average molecular weight is 354 g/mol. The molecule has 0 aromatic carbocycles. The van der Waals surface area contributed by atoms with E-state index >= 15 is 0 Å². The Morgan fingerprint density at radius 3 is 2.56 bits per heavy atom. The largest absolute Gasteiger partial charge is 0.356 e. The number of aliphatic imine (C=N–C) groups is 1. The van der Waals surface area contributed by atoms with E-state index in [2.05, 4.69) is 22.5 Å². The van der Waals surface area contributed by atoms with E-state index in [9.17, 15) is 4.79 Å². The Hall–Kier alpha value is -1.34. The van der Waals surface area contributed by atoms with Crippen LogP contribution in [0.3, 0.4) is 0 Å². The van der Waals surface area contributed by atoms with Crippen LogP contribution in [0, 0.1) is 5.92 Å². The average Bonchev–Trinajstić information content (AvgIpc) is 3.00. The van der Waals surface area contributed by atoms with Crippen LogP contribution in [-0.4, -0.2) is 69.0 Å². The summed E-state index contributed by atoms with van der Waals surface area (Å²) in [7, 11) is 3.49. The maximum Gasteiger partial charge on any atom is 0.243 e. The molecule has 144 valence electrons. The predicted molar refractivity (Wildman–Crippen MR) is 98.5 cm³/mol. The second kappa shape index (κ2) is 9.38. The molecule has 7 heteroatoms. The molecule has 1 aliphatic heterocycles. The number of likely N-dealkylation sites (N-methyl/N-ethyl adjacent to an activating group) is 1. The van der Waals surface area contributed by atoms with Crippen molar-refractivity contribution in [3.05, 3.63) is 0 Å². The number of ether oxygens (including phenoxy) is 2. The summed E-state index contributed by atoms with van der Waals surface area (Å²) in [6.45, 7) is 6.36. The molecule has 7 nitrogen and oxygen atoms in total. The Morgan fingerprint density at radius 1 is 1.24 bits per heavy atom. The Balaban J connectivity index is 1.90. The first kappa shape index (κ1) is 20.0. The van der Waals surface area contributed by atoms with E-state index in [1.165, 1.54) is 19.3 Å². The predicted octanol–water partition coefficient (Wildman–Crippen LogP) is 1.34. The molecule has 0 aromatic heterocycles. The Kier molecular flexibility index (Phi) is 7.50. The molecule has 1 saturated heterocycles. The lowest BCUT2D eigenvalue weighted by atomic mass is 9.86. The topological polar surface area (TPSA) is 75.2 Å². The van der Waals surface area contributed by atoms with Crippen molar-refractivity contribution >= 4 is 11.9 Å². The lowest BCUT2D eigenvalue weighted by molar-refractivity contribution is -0.145. The molecule has 2 rings (SSSR count). The molecule has 0 bridgehead atoms. The summed E-state index contributed by atoms with van der Waals surface area (Å²) in [4.78, 5) is 17.9. The molecule has 2 fully saturated rings. The van der Waals surface area contributed by atoms with Crippen LogP contribution < -0.4 is 10.6 Å². The van der Waals surface area contributed by atoms with E-state index in [4.69, 9.17) is 9.47 Å². The van der Waals surface area contributed by atoms with Gasteiger partial charge in [0.15, 0.2) is 11.7 Å². The molecular formula is C18H34N4O3. The van der Waals surface area contributed by atoms with Crippen molar-refractivity contribution in [2.75, 3.05) is 40.4 Å². The Morgan fingerprint density at radius 2 is 1.92 bits per heavy atom. The van der Waals surface area contributed by atoms with Gasteiger partial charge in [-0.15, -0.1) is 0 Å². The number of carbonyl (C=O) groups excluding carboxylic acids is 1. The van der Waals surface area contributed by atoms with Gasteiger partial charge in [-0.25, -0.2) is 4.99 Å². The fourth-order valence-corrected chi connectivity index (χ4v) is 3.26. The minimum Gasteiger partial charge on any atom is -0.356 e. The summed E-state index contributed by atoms with van der Waals surface area (Å²) >= 11 is 0. The molecule has 2 aliphatic rings. The van der Waals surface area contributed by atoms with Gasteiger partial charge in [0, 0.05) is 33.1 Å². The second-order valence-corrected chi connectivity index (χ2v) is 7.47. The van der Waals surface area contributed by atoms with Gasteiger partial charge < -0.3 is 25.0 Å². The number of hydrogen-bond donors (Lipinski definition) is 2. The third-order valence-electron chi connectivity index (χ3n) is 5.07. The molecule has 1 saturated carbocycles. The third-order valence-corrected chi connectivity index (χ3v) is 5.07. The Bertz CT molecular complexity index is 461. The van der Waals surface area contributed by atoms with Crippen molar-refractivity contribution in [2.45, 2.75) is 57.8 Å². The number of nitrogens with zero attached hydrogens (tertiary/aromatic N) is 2. The van der Waals surface area contributed by atoms with Gasteiger partial charge in [-0.1, -0.05) is 19.8 Å². The van der Waals surface area contributed by atoms with Gasteiger partial charge in [-0.2, -0.15) is 0 Å². The van der Waals surface area contributed by atoms with Gasteiger partial charge in [0.1, 0.15) is 6.54 Å². The molecular weight excluding hydrogens is 320 g/mol. The molecule has 0 aromatic rings. The van der Waals surface area contributed by atoms with Gasteiger partial charge in [0.25, 0.3) is 0 Å². The van der Waals surface area contributed by atoms with Crippen LogP contribution in [0.1, 0.15) is 46.0 Å². The zero-order valence-electron chi connectivity index (χ0n) is 16.1. The molecule has 0 spiro atoms. The molecule has 2 unspecified atom stereocenters. The highest BCUT2D eigenvalue weighted by atomic mass is 16.7. The Labute approximate surface area is 151 Å². The number of amides is 1. The number of rotatable bonds is 6. The zero-order chi connectivity index (χ0) is 18.3. The lowest BCUT2D eigenvalue weighted by Crippen LogP contribution is -2.48. The van der Waals surface area contributed by atoms with Crippen molar-refractivity contribution in [3.8, 4) is 0 Å². The van der Waals surface area contributed by atoms with Crippen LogP contribution >= 0.6 is 0 Å². The minimum absolute atomic E-state index is 0.00721. The maximum atomic E-state index is 11.9. The molecule has 25 heavy (non-hydrogen) atoms. The highest BCUT2D eigenvalue weighted by molar-refractivity contribution is 5.84. The minimum atomic E-state index is -0.518. The SMILES string of the molecule is CC1CCCCC1NC(=NCC(=O)N(C)C)NCCC1(C)OCCO1. The standard InChI is InChI=1S/C18H34N4O3/c1-14-7-5-6-8-15(14)21-17(20-13-16(23)22(3)4)19-10-9-18(2)24-11-12-25-18/h14-15H,5-13H2,1-4H3,(H2,19,20,21). The van der Waals surface area contributed by atoms with Crippen LogP contribution in [-0.2, 0) is 14.3 Å². The van der Waals surface area contributed by atoms with Gasteiger partial charge in [-0.05, 0) is 25.7 Å². The molecule has 1 heterocycles. The summed E-state index contributed by atoms with van der Waals surface area (Å²) in [6, 6.07) is 0.407. The van der Waals surface area contributed by atoms with Gasteiger partial charge >= 0.3 is 0 Å². The molecule has 1 aliphatic carbocycles. The zero-order valence-corrected chi connectivity index (χ0v) is 16.1. The first-order chi connectivity index (χ1) is 11.9. The first-order valence-corrected chi connectivity index (χ1v) is 9.42. The summed E-state index contributed by atoms with van der Waals surface area (Å²) in [5.41, 5.74) is 0. The summed E-state index contributed by atoms with van der Waals surface area (Å²) in [6.07, 6.45) is 5.65. The molecule has 1 amide bonds. The third kappa shape index (κ3) is 6.47. The van der Waals surface area contributed by atoms with Gasteiger partial charge in [0.2, 0.25) is 5.91 Å². The van der Waals surface area contributed by atoms with Crippen molar-refractivity contribution in [2.24, 2.45) is 10.9 Å². The fraction of sp³-hybridized carbons (Fsp3) is 0.889. The summed E-state index contributed by atoms with van der Waals surface area (Å²) < 4.78 is 11.3. The highest BCUT2D eigenvalue weighted by Crippen LogP contribution is 2.24. The lowest BCUT2D eigenvalue weighted by Gasteiger charge is -2.31. The number of guanidine groups is 1. The van der Waals surface area contributed by atoms with Crippen LogP contribution in [0.4, 0.5) is 0 Å². The normalized spacial score (nSPS) is 26.3. The smallest absolute Gasteiger partial charge is 0.243 e. The summed E-state index contributed by atoms with van der Waals surface area (Å²) in [5, 5.41) is 6.87. The molecule has 2 N–H and O–H groups in total. The number of nitrogens with one attached hydrogen (secondary N) is 2. The fourth-order valence-electron chi connectivity index (χ4n) is 3.26. The maximum absolute atomic E-state index is 11.9.